The minimum atomic E-state index is -3.70. The molecule has 0 bridgehead atoms. The van der Waals surface area contributed by atoms with Crippen LogP contribution in [0.2, 0.25) is 5.02 Å². The molecular formula is C18H20ClN3O4S2. The van der Waals surface area contributed by atoms with Crippen LogP contribution in [0.4, 0.5) is 5.69 Å². The van der Waals surface area contributed by atoms with E-state index in [2.05, 4.69) is 5.32 Å². The number of carbonyl (C=O) groups is 2. The predicted molar refractivity (Wildman–Crippen MR) is 110 cm³/mol. The molecule has 2 amide bonds. The van der Waals surface area contributed by atoms with Crippen molar-refractivity contribution < 1.29 is 18.0 Å². The van der Waals surface area contributed by atoms with Crippen molar-refractivity contribution in [3.8, 4) is 0 Å². The highest BCUT2D eigenvalue weighted by molar-refractivity contribution is 7.89. The summed E-state index contributed by atoms with van der Waals surface area (Å²) in [7, 11) is -0.497. The summed E-state index contributed by atoms with van der Waals surface area (Å²) in [5.74, 6) is -0.840. The molecule has 2 aromatic rings. The van der Waals surface area contributed by atoms with Crippen LogP contribution in [0.5, 0.6) is 0 Å². The molecule has 0 spiro atoms. The Morgan fingerprint density at radius 3 is 2.50 bits per heavy atom. The molecule has 0 unspecified atom stereocenters. The van der Waals surface area contributed by atoms with Gasteiger partial charge < -0.3 is 10.2 Å². The molecule has 150 valence electrons. The number of halogens is 1. The van der Waals surface area contributed by atoms with Gasteiger partial charge in [-0.2, -0.15) is 4.31 Å². The van der Waals surface area contributed by atoms with Gasteiger partial charge in [0.15, 0.2) is 0 Å². The fourth-order valence-electron chi connectivity index (χ4n) is 2.93. The third-order valence-electron chi connectivity index (χ3n) is 4.38. The Morgan fingerprint density at radius 2 is 1.86 bits per heavy atom. The monoisotopic (exact) mass is 441 g/mol. The second-order valence-electron chi connectivity index (χ2n) is 6.57. The lowest BCUT2D eigenvalue weighted by Gasteiger charge is -2.16. The Kier molecular flexibility index (Phi) is 6.09. The number of hydrogen-bond acceptors (Lipinski definition) is 5. The van der Waals surface area contributed by atoms with E-state index in [1.54, 1.807) is 25.5 Å². The Bertz CT molecular complexity index is 1010. The fourth-order valence-corrected chi connectivity index (χ4v) is 5.94. The maximum Gasteiger partial charge on any atom is 0.267 e. The summed E-state index contributed by atoms with van der Waals surface area (Å²) in [5, 5.41) is 4.52. The second kappa shape index (κ2) is 8.20. The van der Waals surface area contributed by atoms with Gasteiger partial charge in [-0.1, -0.05) is 11.6 Å². The number of rotatable bonds is 5. The third-order valence-corrected chi connectivity index (χ3v) is 7.69. The van der Waals surface area contributed by atoms with Crippen LogP contribution >= 0.6 is 22.9 Å². The average molecular weight is 442 g/mol. The molecule has 1 saturated heterocycles. The quantitative estimate of drug-likeness (QED) is 0.772. The zero-order valence-electron chi connectivity index (χ0n) is 15.4. The molecule has 1 fully saturated rings. The maximum atomic E-state index is 12.8. The smallest absolute Gasteiger partial charge is 0.267 e. The van der Waals surface area contributed by atoms with Crippen LogP contribution in [-0.4, -0.2) is 56.6 Å². The van der Waals surface area contributed by atoms with Crippen molar-refractivity contribution in [1.82, 2.24) is 9.21 Å². The number of anilines is 1. The van der Waals surface area contributed by atoms with Crippen LogP contribution in [0.3, 0.4) is 0 Å². The van der Waals surface area contributed by atoms with Crippen LogP contribution in [0, 0.1) is 0 Å². The number of nitrogens with zero attached hydrogens (tertiary/aromatic N) is 2. The minimum Gasteiger partial charge on any atom is -0.345 e. The topological polar surface area (TPSA) is 86.8 Å². The van der Waals surface area contributed by atoms with Crippen LogP contribution in [0.1, 0.15) is 32.9 Å². The highest BCUT2D eigenvalue weighted by Crippen LogP contribution is 2.29. The number of thiophene rings is 1. The third kappa shape index (κ3) is 4.07. The van der Waals surface area contributed by atoms with Gasteiger partial charge in [0, 0.05) is 32.9 Å². The summed E-state index contributed by atoms with van der Waals surface area (Å²) >= 11 is 7.15. The zero-order chi connectivity index (χ0) is 20.5. The molecule has 3 rings (SSSR count). The zero-order valence-corrected chi connectivity index (χ0v) is 17.8. The first-order chi connectivity index (χ1) is 13.2. The van der Waals surface area contributed by atoms with E-state index >= 15 is 0 Å². The van der Waals surface area contributed by atoms with E-state index in [1.165, 1.54) is 27.4 Å². The summed E-state index contributed by atoms with van der Waals surface area (Å²) in [4.78, 5) is 26.5. The molecule has 10 heteroatoms. The Hall–Kier alpha value is -1.94. The van der Waals surface area contributed by atoms with E-state index in [0.29, 0.717) is 18.8 Å². The summed E-state index contributed by atoms with van der Waals surface area (Å²) in [6, 6.07) is 6.01. The van der Waals surface area contributed by atoms with Crippen molar-refractivity contribution in [2.75, 3.05) is 32.5 Å². The largest absolute Gasteiger partial charge is 0.345 e. The van der Waals surface area contributed by atoms with Gasteiger partial charge in [-0.3, -0.25) is 9.59 Å². The first-order valence-electron chi connectivity index (χ1n) is 8.62. The molecule has 0 aliphatic carbocycles. The van der Waals surface area contributed by atoms with Crippen molar-refractivity contribution in [3.63, 3.8) is 0 Å². The van der Waals surface area contributed by atoms with Crippen LogP contribution in [0.15, 0.2) is 34.5 Å². The van der Waals surface area contributed by atoms with Gasteiger partial charge >= 0.3 is 0 Å². The van der Waals surface area contributed by atoms with Gasteiger partial charge in [-0.15, -0.1) is 11.3 Å². The van der Waals surface area contributed by atoms with Gasteiger partial charge in [0.2, 0.25) is 10.0 Å². The molecule has 1 aromatic carbocycles. The molecule has 2 heterocycles. The van der Waals surface area contributed by atoms with Crippen molar-refractivity contribution in [1.29, 1.82) is 0 Å². The molecule has 0 saturated carbocycles. The molecule has 7 nitrogen and oxygen atoms in total. The van der Waals surface area contributed by atoms with E-state index in [1.807, 2.05) is 0 Å². The molecule has 1 aliphatic rings. The van der Waals surface area contributed by atoms with Gasteiger partial charge in [-0.05, 0) is 42.5 Å². The lowest BCUT2D eigenvalue weighted by Crippen LogP contribution is -2.29. The summed E-state index contributed by atoms with van der Waals surface area (Å²) in [5.41, 5.74) is 0.609. The van der Waals surface area contributed by atoms with Gasteiger partial charge in [-0.25, -0.2) is 8.42 Å². The van der Waals surface area contributed by atoms with Crippen molar-refractivity contribution in [3.05, 3.63) is 45.1 Å². The van der Waals surface area contributed by atoms with E-state index in [-0.39, 0.29) is 26.3 Å². The Labute approximate surface area is 172 Å². The predicted octanol–water partition coefficient (Wildman–Crippen LogP) is 3.14. The lowest BCUT2D eigenvalue weighted by atomic mass is 10.1. The van der Waals surface area contributed by atoms with Gasteiger partial charge in [0.05, 0.1) is 10.6 Å². The van der Waals surface area contributed by atoms with E-state index in [4.69, 9.17) is 11.6 Å². The molecule has 1 aliphatic heterocycles. The number of sulfonamides is 1. The number of hydrogen-bond donors (Lipinski definition) is 1. The lowest BCUT2D eigenvalue weighted by molar-refractivity contribution is 0.0827. The minimum absolute atomic E-state index is 0.00968. The molecule has 1 N–H and O–H groups in total. The summed E-state index contributed by atoms with van der Waals surface area (Å²) in [6.45, 7) is 0.929. The van der Waals surface area contributed by atoms with Crippen LogP contribution in [0.25, 0.3) is 0 Å². The highest BCUT2D eigenvalue weighted by Gasteiger charge is 2.32. The first-order valence-corrected chi connectivity index (χ1v) is 11.3. The van der Waals surface area contributed by atoms with Crippen LogP contribution in [-0.2, 0) is 10.0 Å². The first kappa shape index (κ1) is 20.8. The van der Waals surface area contributed by atoms with Crippen molar-refractivity contribution in [2.45, 2.75) is 17.7 Å². The summed E-state index contributed by atoms with van der Waals surface area (Å²) < 4.78 is 27.0. The van der Waals surface area contributed by atoms with E-state index in [9.17, 15) is 18.0 Å². The van der Waals surface area contributed by atoms with Crippen molar-refractivity contribution >= 4 is 50.5 Å². The molecule has 0 atom stereocenters. The molecular weight excluding hydrogens is 422 g/mol. The van der Waals surface area contributed by atoms with Gasteiger partial charge in [0.1, 0.15) is 9.77 Å². The molecule has 1 aromatic heterocycles. The maximum absolute atomic E-state index is 12.8. The summed E-state index contributed by atoms with van der Waals surface area (Å²) in [6.07, 6.45) is 1.64. The number of carbonyl (C=O) groups excluding carboxylic acids is 2. The number of nitrogens with one attached hydrogen (secondary N) is 1. The fraction of sp³-hybridized carbons (Fsp3) is 0.333. The SMILES string of the molecule is CN(C)C(=O)c1cc(NC(=O)c2sccc2S(=O)(=O)N2CCCC2)ccc1Cl. The Balaban J connectivity index is 1.87. The number of benzene rings is 1. The normalized spacial score (nSPS) is 14.8. The van der Waals surface area contributed by atoms with Gasteiger partial charge in [0.25, 0.3) is 11.8 Å². The van der Waals surface area contributed by atoms with E-state index in [0.717, 1.165) is 24.2 Å². The average Bonchev–Trinajstić information content (AvgIpc) is 3.34. The second-order valence-corrected chi connectivity index (χ2v) is 9.80. The number of amides is 2. The molecule has 28 heavy (non-hydrogen) atoms. The highest BCUT2D eigenvalue weighted by atomic mass is 35.5. The van der Waals surface area contributed by atoms with Crippen molar-refractivity contribution in [2.24, 2.45) is 0 Å². The molecule has 0 radical (unpaired) electrons. The van der Waals surface area contributed by atoms with Crippen LogP contribution < -0.4 is 5.32 Å². The standard InChI is InChI=1S/C18H20ClN3O4S2/c1-21(2)18(24)13-11-12(5-6-14(13)19)20-17(23)16-15(7-10-27-16)28(25,26)22-8-3-4-9-22/h5-7,10-11H,3-4,8-9H2,1-2H3,(H,20,23). The Morgan fingerprint density at radius 1 is 1.18 bits per heavy atom. The van der Waals surface area contributed by atoms with E-state index < -0.39 is 15.9 Å².